The maximum absolute atomic E-state index is 9.82. The summed E-state index contributed by atoms with van der Waals surface area (Å²) >= 11 is 0. The molecule has 3 nitrogen and oxygen atoms in total. The van der Waals surface area contributed by atoms with Crippen molar-refractivity contribution in [3.8, 4) is 0 Å². The van der Waals surface area contributed by atoms with Crippen LogP contribution in [0.25, 0.3) is 0 Å². The van der Waals surface area contributed by atoms with E-state index in [-0.39, 0.29) is 5.41 Å². The molecule has 0 saturated carbocycles. The van der Waals surface area contributed by atoms with Gasteiger partial charge in [0.1, 0.15) is 0 Å². The molecule has 9 heavy (non-hydrogen) atoms. The second-order valence-corrected chi connectivity index (χ2v) is 2.35. The second kappa shape index (κ2) is 2.27. The molecule has 0 atom stereocenters. The van der Waals surface area contributed by atoms with E-state index in [1.807, 2.05) is 0 Å². The average Bonchev–Trinajstić information content (AvgIpc) is 1.79. The first-order valence-electron chi connectivity index (χ1n) is 2.83. The van der Waals surface area contributed by atoms with Crippen LogP contribution in [0.15, 0.2) is 17.8 Å². The molecular weight excluding hydrogens is 118 g/mol. The normalized spacial score (nSPS) is 22.2. The Kier molecular flexibility index (Phi) is 1.62. The first kappa shape index (κ1) is 6.42. The van der Waals surface area contributed by atoms with Gasteiger partial charge in [0.25, 0.3) is 0 Å². The topological polar surface area (TPSA) is 38.7 Å². The van der Waals surface area contributed by atoms with E-state index in [4.69, 9.17) is 4.74 Å². The van der Waals surface area contributed by atoms with E-state index in [1.165, 1.54) is 0 Å². The summed E-state index contributed by atoms with van der Waals surface area (Å²) in [4.78, 5) is 9.82. The summed E-state index contributed by atoms with van der Waals surface area (Å²) in [7, 11) is 0. The van der Waals surface area contributed by atoms with Crippen molar-refractivity contribution in [1.29, 1.82) is 0 Å². The Labute approximate surface area is 53.7 Å². The fourth-order valence-electron chi connectivity index (χ4n) is 0.766. The Balaban J connectivity index is 2.45. The van der Waals surface area contributed by atoms with E-state index in [0.29, 0.717) is 19.8 Å². The van der Waals surface area contributed by atoms with Gasteiger partial charge in [-0.3, -0.25) is 0 Å². The molecule has 1 fully saturated rings. The molecule has 0 radical (unpaired) electrons. The quantitative estimate of drug-likeness (QED) is 0.418. The Hall–Kier alpha value is -0.700. The molecule has 1 heterocycles. The molecule has 0 N–H and O–H groups in total. The molecule has 0 aromatic carbocycles. The van der Waals surface area contributed by atoms with E-state index in [9.17, 15) is 4.91 Å². The van der Waals surface area contributed by atoms with Crippen LogP contribution in [0.4, 0.5) is 0 Å². The fourth-order valence-corrected chi connectivity index (χ4v) is 0.766. The predicted octanol–water partition coefficient (Wildman–Crippen LogP) is 0.955. The van der Waals surface area contributed by atoms with E-state index in [1.54, 1.807) is 6.08 Å². The van der Waals surface area contributed by atoms with Crippen molar-refractivity contribution in [2.75, 3.05) is 19.8 Å². The van der Waals surface area contributed by atoms with Gasteiger partial charge in [-0.05, 0) is 0 Å². The summed E-state index contributed by atoms with van der Waals surface area (Å²) in [5.74, 6) is 0. The summed E-state index contributed by atoms with van der Waals surface area (Å²) in [5.41, 5.74) is -0.123. The number of hydrogen-bond donors (Lipinski definition) is 0. The standard InChI is InChI=1S/C6H9NO2/c1-2-6(3-7-8)4-9-5-6/h2H,1,3-5H2. The zero-order chi connectivity index (χ0) is 6.74. The number of nitrogens with zero attached hydrogens (tertiary/aromatic N) is 1. The molecule has 0 unspecified atom stereocenters. The molecule has 0 bridgehead atoms. The SMILES string of the molecule is C=CC1(CN=O)COC1. The molecule has 0 aromatic rings. The summed E-state index contributed by atoms with van der Waals surface area (Å²) in [5, 5.41) is 2.80. The minimum Gasteiger partial charge on any atom is -0.379 e. The van der Waals surface area contributed by atoms with Crippen molar-refractivity contribution >= 4 is 0 Å². The highest BCUT2D eigenvalue weighted by Crippen LogP contribution is 2.28. The second-order valence-electron chi connectivity index (χ2n) is 2.35. The van der Waals surface area contributed by atoms with Gasteiger partial charge in [-0.1, -0.05) is 11.3 Å². The number of rotatable bonds is 3. The molecule has 1 saturated heterocycles. The summed E-state index contributed by atoms with van der Waals surface area (Å²) in [6, 6.07) is 0. The van der Waals surface area contributed by atoms with Crippen molar-refractivity contribution in [2.24, 2.45) is 10.6 Å². The van der Waals surface area contributed by atoms with Crippen LogP contribution in [-0.4, -0.2) is 19.8 Å². The Morgan fingerprint density at radius 2 is 2.44 bits per heavy atom. The maximum atomic E-state index is 9.82. The highest BCUT2D eigenvalue weighted by molar-refractivity contribution is 5.01. The van der Waals surface area contributed by atoms with Gasteiger partial charge in [0.05, 0.1) is 25.2 Å². The first-order valence-corrected chi connectivity index (χ1v) is 2.83. The molecule has 0 aliphatic carbocycles. The van der Waals surface area contributed by atoms with Crippen molar-refractivity contribution in [2.45, 2.75) is 0 Å². The lowest BCUT2D eigenvalue weighted by Gasteiger charge is -2.36. The minimum atomic E-state index is -0.123. The monoisotopic (exact) mass is 127 g/mol. The van der Waals surface area contributed by atoms with Gasteiger partial charge in [0.2, 0.25) is 0 Å². The zero-order valence-corrected chi connectivity index (χ0v) is 5.17. The highest BCUT2D eigenvalue weighted by atomic mass is 16.5. The summed E-state index contributed by atoms with van der Waals surface area (Å²) < 4.78 is 4.91. The van der Waals surface area contributed by atoms with E-state index in [2.05, 4.69) is 11.8 Å². The van der Waals surface area contributed by atoms with Crippen LogP contribution < -0.4 is 0 Å². The first-order chi connectivity index (χ1) is 4.33. The van der Waals surface area contributed by atoms with E-state index in [0.717, 1.165) is 0 Å². The lowest BCUT2D eigenvalue weighted by atomic mass is 9.87. The molecule has 0 spiro atoms. The Morgan fingerprint density at radius 3 is 2.56 bits per heavy atom. The molecule has 50 valence electrons. The van der Waals surface area contributed by atoms with Crippen LogP contribution in [0.2, 0.25) is 0 Å². The number of ether oxygens (including phenoxy) is 1. The highest BCUT2D eigenvalue weighted by Gasteiger charge is 2.35. The predicted molar refractivity (Wildman–Crippen MR) is 34.1 cm³/mol. The third-order valence-electron chi connectivity index (χ3n) is 1.59. The van der Waals surface area contributed by atoms with Crippen LogP contribution in [-0.2, 0) is 4.74 Å². The number of hydrogen-bond acceptors (Lipinski definition) is 3. The van der Waals surface area contributed by atoms with Gasteiger partial charge in [-0.2, -0.15) is 4.91 Å². The van der Waals surface area contributed by atoms with Gasteiger partial charge < -0.3 is 4.74 Å². The van der Waals surface area contributed by atoms with Crippen molar-refractivity contribution in [3.05, 3.63) is 17.6 Å². The van der Waals surface area contributed by atoms with Gasteiger partial charge in [-0.15, -0.1) is 6.58 Å². The van der Waals surface area contributed by atoms with Crippen LogP contribution in [0.3, 0.4) is 0 Å². The third-order valence-corrected chi connectivity index (χ3v) is 1.59. The van der Waals surface area contributed by atoms with Gasteiger partial charge in [-0.25, -0.2) is 0 Å². The van der Waals surface area contributed by atoms with Gasteiger partial charge in [0.15, 0.2) is 0 Å². The van der Waals surface area contributed by atoms with Crippen LogP contribution in [0.1, 0.15) is 0 Å². The third kappa shape index (κ3) is 1.00. The summed E-state index contributed by atoms with van der Waals surface area (Å²) in [6.45, 7) is 5.10. The maximum Gasteiger partial charge on any atom is 0.0946 e. The molecular formula is C6H9NO2. The summed E-state index contributed by atoms with van der Waals surface area (Å²) in [6.07, 6.45) is 1.75. The lowest BCUT2D eigenvalue weighted by Crippen LogP contribution is -2.43. The van der Waals surface area contributed by atoms with Crippen molar-refractivity contribution < 1.29 is 4.74 Å². The fraction of sp³-hybridized carbons (Fsp3) is 0.667. The minimum absolute atomic E-state index is 0.123. The van der Waals surface area contributed by atoms with Gasteiger partial charge in [0, 0.05) is 0 Å². The van der Waals surface area contributed by atoms with Crippen LogP contribution in [0, 0.1) is 10.3 Å². The largest absolute Gasteiger partial charge is 0.379 e. The molecule has 0 amide bonds. The van der Waals surface area contributed by atoms with Crippen LogP contribution in [0.5, 0.6) is 0 Å². The average molecular weight is 127 g/mol. The Morgan fingerprint density at radius 1 is 1.78 bits per heavy atom. The molecule has 3 heteroatoms. The zero-order valence-electron chi connectivity index (χ0n) is 5.17. The molecule has 1 aliphatic heterocycles. The molecule has 1 rings (SSSR count). The smallest absolute Gasteiger partial charge is 0.0946 e. The van der Waals surface area contributed by atoms with Crippen molar-refractivity contribution in [1.82, 2.24) is 0 Å². The molecule has 1 aliphatic rings. The molecule has 0 aromatic heterocycles. The van der Waals surface area contributed by atoms with E-state index >= 15 is 0 Å². The lowest BCUT2D eigenvalue weighted by molar-refractivity contribution is -0.0758. The number of nitroso groups, excluding NO2 is 1. The van der Waals surface area contributed by atoms with Crippen LogP contribution >= 0.6 is 0 Å². The Bertz CT molecular complexity index is 129. The van der Waals surface area contributed by atoms with E-state index < -0.39 is 0 Å². The van der Waals surface area contributed by atoms with Crippen molar-refractivity contribution in [3.63, 3.8) is 0 Å². The van der Waals surface area contributed by atoms with Gasteiger partial charge >= 0.3 is 0 Å².